The average Bonchev–Trinajstić information content (AvgIpc) is 3.05. The Balaban J connectivity index is 2.18. The van der Waals surface area contributed by atoms with Gasteiger partial charge in [0.05, 0.1) is 53.6 Å². The number of hydrogen-bond acceptors (Lipinski definition) is 15. The first-order valence-corrected chi connectivity index (χ1v) is 18.6. The zero-order valence-corrected chi connectivity index (χ0v) is 33.3. The van der Waals surface area contributed by atoms with Crippen molar-refractivity contribution in [3.8, 4) is 0 Å². The highest BCUT2D eigenvalue weighted by Crippen LogP contribution is 2.40. The van der Waals surface area contributed by atoms with Gasteiger partial charge in [0.1, 0.15) is 30.0 Å². The molecule has 0 aromatic rings. The van der Waals surface area contributed by atoms with Gasteiger partial charge in [0.2, 0.25) is 0 Å². The van der Waals surface area contributed by atoms with E-state index in [1.54, 1.807) is 41.5 Å². The molecule has 15 heteroatoms. The molecule has 3 aliphatic heterocycles. The Kier molecular flexibility index (Phi) is 15.1. The minimum absolute atomic E-state index is 0.0811. The zero-order valence-electron chi connectivity index (χ0n) is 33.3. The summed E-state index contributed by atoms with van der Waals surface area (Å²) < 4.78 is 42.7. The molecule has 15 nitrogen and oxygen atoms in total. The van der Waals surface area contributed by atoms with Crippen molar-refractivity contribution in [2.24, 2.45) is 17.8 Å². The lowest BCUT2D eigenvalue weighted by Gasteiger charge is -2.48. The second-order valence-electron chi connectivity index (χ2n) is 16.4. The summed E-state index contributed by atoms with van der Waals surface area (Å²) in [6.45, 7) is 16.0. The van der Waals surface area contributed by atoms with Gasteiger partial charge in [-0.2, -0.15) is 0 Å². The highest BCUT2D eigenvalue weighted by Gasteiger charge is 2.53. The number of likely N-dealkylation sites (N-methyl/N-ethyl adjacent to an activating group) is 1. The van der Waals surface area contributed by atoms with E-state index in [4.69, 9.17) is 33.2 Å². The molecule has 18 atom stereocenters. The minimum atomic E-state index is -2.06. The van der Waals surface area contributed by atoms with Gasteiger partial charge in [-0.05, 0) is 82.3 Å². The summed E-state index contributed by atoms with van der Waals surface area (Å²) in [5, 5.41) is 57.4. The van der Waals surface area contributed by atoms with Crippen LogP contribution in [0.1, 0.15) is 94.9 Å². The molecule has 0 saturated carbocycles. The fraction of sp³-hybridized carbons (Fsp3) is 0.946. The van der Waals surface area contributed by atoms with Gasteiger partial charge >= 0.3 is 11.9 Å². The maximum atomic E-state index is 14.1. The highest BCUT2D eigenvalue weighted by molar-refractivity contribution is 5.74. The van der Waals surface area contributed by atoms with Gasteiger partial charge in [-0.15, -0.1) is 0 Å². The van der Waals surface area contributed by atoms with Crippen LogP contribution in [0.15, 0.2) is 0 Å². The summed E-state index contributed by atoms with van der Waals surface area (Å²) in [5.74, 6) is -4.82. The van der Waals surface area contributed by atoms with Gasteiger partial charge in [-0.3, -0.25) is 9.59 Å². The van der Waals surface area contributed by atoms with Gasteiger partial charge in [0, 0.05) is 31.9 Å². The van der Waals surface area contributed by atoms with Crippen LogP contribution in [0, 0.1) is 17.8 Å². The quantitative estimate of drug-likeness (QED) is 0.234. The Labute approximate surface area is 309 Å². The van der Waals surface area contributed by atoms with Crippen LogP contribution in [0.3, 0.4) is 0 Å². The van der Waals surface area contributed by atoms with Crippen LogP contribution in [0.25, 0.3) is 0 Å². The van der Waals surface area contributed by atoms with Crippen LogP contribution < -0.4 is 0 Å². The van der Waals surface area contributed by atoms with E-state index in [0.717, 1.165) is 0 Å². The maximum absolute atomic E-state index is 14.1. The van der Waals surface area contributed by atoms with Crippen molar-refractivity contribution < 1.29 is 68.3 Å². The third-order valence-electron chi connectivity index (χ3n) is 11.6. The number of hydrogen-bond donors (Lipinski definition) is 5. The topological polar surface area (TPSA) is 203 Å². The predicted octanol–water partition coefficient (Wildman–Crippen LogP) is 1.51. The van der Waals surface area contributed by atoms with E-state index in [1.165, 1.54) is 27.9 Å². The van der Waals surface area contributed by atoms with Crippen LogP contribution in [0.5, 0.6) is 0 Å². The fourth-order valence-electron chi connectivity index (χ4n) is 8.14. The molecule has 3 aliphatic rings. The van der Waals surface area contributed by atoms with E-state index in [-0.39, 0.29) is 31.4 Å². The zero-order chi connectivity index (χ0) is 39.7. The van der Waals surface area contributed by atoms with Gasteiger partial charge in [-0.25, -0.2) is 0 Å². The summed E-state index contributed by atoms with van der Waals surface area (Å²) in [6, 6.07) is -0.334. The molecule has 52 heavy (non-hydrogen) atoms. The van der Waals surface area contributed by atoms with E-state index >= 15 is 0 Å². The highest BCUT2D eigenvalue weighted by atomic mass is 16.7. The number of aliphatic hydroxyl groups excluding tert-OH is 3. The Morgan fingerprint density at radius 2 is 1.42 bits per heavy atom. The summed E-state index contributed by atoms with van der Waals surface area (Å²) in [6.07, 6.45) is -11.0. The lowest BCUT2D eigenvalue weighted by molar-refractivity contribution is -0.318. The molecule has 0 bridgehead atoms. The lowest BCUT2D eigenvalue weighted by atomic mass is 9.79. The van der Waals surface area contributed by atoms with Gasteiger partial charge in [0.15, 0.2) is 12.6 Å². The van der Waals surface area contributed by atoms with Crippen molar-refractivity contribution in [1.29, 1.82) is 0 Å². The molecular formula is C37H67NO14. The smallest absolute Gasteiger partial charge is 0.311 e. The third-order valence-corrected chi connectivity index (χ3v) is 11.6. The monoisotopic (exact) mass is 749 g/mol. The molecule has 0 radical (unpaired) electrons. The van der Waals surface area contributed by atoms with E-state index in [1.807, 2.05) is 25.9 Å². The molecule has 3 saturated heterocycles. The summed E-state index contributed by atoms with van der Waals surface area (Å²) in [5.41, 5.74) is -4.93. The number of methoxy groups -OCH3 is 1. The van der Waals surface area contributed by atoms with Crippen LogP contribution in [-0.4, -0.2) is 154 Å². The molecular weight excluding hydrogens is 682 g/mol. The molecule has 5 N–H and O–H groups in total. The Morgan fingerprint density at radius 3 is 1.98 bits per heavy atom. The van der Waals surface area contributed by atoms with Crippen molar-refractivity contribution >= 4 is 11.9 Å². The molecule has 3 heterocycles. The Morgan fingerprint density at radius 1 is 0.827 bits per heavy atom. The molecule has 3 fully saturated rings. The largest absolute Gasteiger partial charge is 0.462 e. The van der Waals surface area contributed by atoms with Gasteiger partial charge in [0.25, 0.3) is 0 Å². The summed E-state index contributed by atoms with van der Waals surface area (Å²) in [4.78, 5) is 29.3. The fourth-order valence-corrected chi connectivity index (χ4v) is 8.14. The van der Waals surface area contributed by atoms with E-state index in [9.17, 15) is 35.1 Å². The van der Waals surface area contributed by atoms with E-state index in [0.29, 0.717) is 6.42 Å². The number of ether oxygens (including phenoxy) is 7. The van der Waals surface area contributed by atoms with E-state index < -0.39 is 108 Å². The first kappa shape index (κ1) is 44.9. The van der Waals surface area contributed by atoms with E-state index in [2.05, 4.69) is 0 Å². The van der Waals surface area contributed by atoms with Crippen molar-refractivity contribution in [2.75, 3.05) is 21.2 Å². The van der Waals surface area contributed by atoms with Crippen molar-refractivity contribution in [1.82, 2.24) is 4.90 Å². The summed E-state index contributed by atoms with van der Waals surface area (Å²) >= 11 is 0. The lowest BCUT2D eigenvalue weighted by Crippen LogP contribution is -2.60. The second kappa shape index (κ2) is 17.5. The molecule has 0 spiro atoms. The van der Waals surface area contributed by atoms with Gasteiger partial charge < -0.3 is 63.6 Å². The third kappa shape index (κ3) is 9.83. The molecule has 0 aromatic carbocycles. The van der Waals surface area contributed by atoms with Crippen LogP contribution in [0.4, 0.5) is 0 Å². The number of aliphatic hydroxyl groups is 5. The number of carbonyl (C=O) groups is 2. The molecule has 1 unspecified atom stereocenters. The second-order valence-corrected chi connectivity index (χ2v) is 16.4. The molecule has 0 aliphatic carbocycles. The number of carbonyl (C=O) groups excluding carboxylic acids is 2. The number of cyclic esters (lactones) is 2. The van der Waals surface area contributed by atoms with Crippen LogP contribution >= 0.6 is 0 Å². The van der Waals surface area contributed by atoms with Crippen molar-refractivity contribution in [3.63, 3.8) is 0 Å². The SMILES string of the molecule is CCC1OC(=O)[C@H](C)[C@@H](O[C@H]2C[C@@](C)(OC)[C@@H](O)[C@H](C)O2)[C@H](C)[C@@H](O[C@@H]2O[C@H](C)C[C@H](N(C)C)[C@H]2O)[C@](C)(O)C[C@@H](C)OC(=O)[C@H](C)[C@@H](O)[C@]1(C)O. The van der Waals surface area contributed by atoms with Crippen LogP contribution in [-0.2, 0) is 42.7 Å². The predicted molar refractivity (Wildman–Crippen MR) is 188 cm³/mol. The maximum Gasteiger partial charge on any atom is 0.311 e. The first-order valence-electron chi connectivity index (χ1n) is 18.6. The minimum Gasteiger partial charge on any atom is -0.462 e. The number of nitrogens with zero attached hydrogens (tertiary/aromatic N) is 1. The molecule has 0 aromatic heterocycles. The molecule has 304 valence electrons. The van der Waals surface area contributed by atoms with Crippen LogP contribution in [0.2, 0.25) is 0 Å². The first-order chi connectivity index (χ1) is 23.9. The molecule has 3 rings (SSSR count). The number of esters is 2. The normalized spacial score (nSPS) is 49.1. The Hall–Kier alpha value is -1.50. The number of rotatable bonds is 7. The van der Waals surface area contributed by atoms with Crippen molar-refractivity contribution in [3.05, 3.63) is 0 Å². The Bertz CT molecular complexity index is 1190. The average molecular weight is 750 g/mol. The molecule has 0 amide bonds. The van der Waals surface area contributed by atoms with Crippen molar-refractivity contribution in [2.45, 2.75) is 185 Å². The standard InChI is InChI=1S/C37H67NO14/c1-14-25-37(10,45)29(40)22(6)33(43)47-19(3)16-35(8,44)31(52-34-27(39)24(38(11)12)15-18(2)48-34)20(4)28(21(5)32(42)50-25)51-26-17-36(9,46-13)30(41)23(7)49-26/h18-31,34,39-41,44-45H,14-17H2,1-13H3/t18-,19-,20+,21-,22-,23+,24+,25?,26+,27-,28+,29-,30+,31-,34+,35-,36-,37-/m1/s1. The summed E-state index contributed by atoms with van der Waals surface area (Å²) in [7, 11) is 5.16. The van der Waals surface area contributed by atoms with Gasteiger partial charge in [-0.1, -0.05) is 13.8 Å².